The Bertz CT molecular complexity index is 525. The Morgan fingerprint density at radius 1 is 1.47 bits per heavy atom. The molecule has 0 aromatic heterocycles. The summed E-state index contributed by atoms with van der Waals surface area (Å²) in [6.45, 7) is 1.60. The van der Waals surface area contributed by atoms with Gasteiger partial charge in [-0.3, -0.25) is 9.59 Å². The number of primary amides is 1. The first kappa shape index (κ1) is 14.6. The second kappa shape index (κ2) is 6.50. The van der Waals surface area contributed by atoms with Crippen LogP contribution in [0.1, 0.15) is 23.7 Å². The van der Waals surface area contributed by atoms with Crippen LogP contribution in [-0.2, 0) is 4.79 Å². The van der Waals surface area contributed by atoms with Gasteiger partial charge in [-0.1, -0.05) is 12.1 Å². The van der Waals surface area contributed by atoms with E-state index in [0.717, 1.165) is 6.07 Å². The maximum absolute atomic E-state index is 13.4. The van der Waals surface area contributed by atoms with Crippen molar-refractivity contribution in [2.75, 3.05) is 0 Å². The monoisotopic (exact) mass is 263 g/mol. The van der Waals surface area contributed by atoms with E-state index in [0.29, 0.717) is 0 Å². The summed E-state index contributed by atoms with van der Waals surface area (Å²) in [6, 6.07) is 6.35. The number of amides is 2. The topological polar surface area (TPSA) is 96.0 Å². The minimum absolute atomic E-state index is 0.0893. The number of nitriles is 1. The lowest BCUT2D eigenvalue weighted by atomic mass is 10.0. The van der Waals surface area contributed by atoms with E-state index >= 15 is 0 Å². The van der Waals surface area contributed by atoms with Crippen molar-refractivity contribution in [3.05, 3.63) is 35.6 Å². The lowest BCUT2D eigenvalue weighted by Gasteiger charge is -2.16. The van der Waals surface area contributed by atoms with Crippen LogP contribution >= 0.6 is 0 Å². The number of rotatable bonds is 5. The van der Waals surface area contributed by atoms with Crippen LogP contribution in [0.5, 0.6) is 0 Å². The number of hydrogen-bond acceptors (Lipinski definition) is 3. The van der Waals surface area contributed by atoms with Crippen molar-refractivity contribution in [3.63, 3.8) is 0 Å². The van der Waals surface area contributed by atoms with Gasteiger partial charge in [0.25, 0.3) is 5.91 Å². The molecular formula is C13H14FN3O2. The highest BCUT2D eigenvalue weighted by atomic mass is 19.1. The lowest BCUT2D eigenvalue weighted by molar-refractivity contribution is -0.120. The van der Waals surface area contributed by atoms with Crippen LogP contribution in [0.25, 0.3) is 0 Å². The number of carbonyl (C=O) groups is 2. The third-order valence-corrected chi connectivity index (χ3v) is 2.58. The van der Waals surface area contributed by atoms with Crippen molar-refractivity contribution in [2.24, 2.45) is 11.7 Å². The molecule has 0 bridgehead atoms. The van der Waals surface area contributed by atoms with Gasteiger partial charge in [-0.25, -0.2) is 4.39 Å². The van der Waals surface area contributed by atoms with Gasteiger partial charge in [-0.2, -0.15) is 5.26 Å². The molecular weight excluding hydrogens is 249 g/mol. The highest BCUT2D eigenvalue weighted by Gasteiger charge is 2.22. The zero-order chi connectivity index (χ0) is 14.4. The Morgan fingerprint density at radius 2 is 2.11 bits per heavy atom. The molecule has 0 aliphatic heterocycles. The van der Waals surface area contributed by atoms with Crippen molar-refractivity contribution < 1.29 is 14.0 Å². The van der Waals surface area contributed by atoms with Crippen molar-refractivity contribution in [2.45, 2.75) is 19.4 Å². The van der Waals surface area contributed by atoms with Gasteiger partial charge in [0.1, 0.15) is 11.9 Å². The van der Waals surface area contributed by atoms with E-state index < -0.39 is 29.6 Å². The standard InChI is InChI=1S/C13H14FN3O2/c1-8(7-15)6-11(12(16)18)17-13(19)9-4-2-3-5-10(9)14/h2-5,8,11H,6H2,1H3,(H2,16,18)(H,17,19)/t8-,11+/m1/s1. The van der Waals surface area contributed by atoms with E-state index in [9.17, 15) is 14.0 Å². The average Bonchev–Trinajstić information content (AvgIpc) is 2.37. The molecule has 19 heavy (non-hydrogen) atoms. The molecule has 100 valence electrons. The third kappa shape index (κ3) is 4.07. The Kier molecular flexibility index (Phi) is 5.01. The fourth-order valence-corrected chi connectivity index (χ4v) is 1.53. The Hall–Kier alpha value is -2.42. The number of nitrogens with two attached hydrogens (primary N) is 1. The van der Waals surface area contributed by atoms with Crippen molar-refractivity contribution in [1.82, 2.24) is 5.32 Å². The maximum Gasteiger partial charge on any atom is 0.254 e. The van der Waals surface area contributed by atoms with Crippen LogP contribution in [0.15, 0.2) is 24.3 Å². The molecule has 0 saturated carbocycles. The minimum Gasteiger partial charge on any atom is -0.368 e. The predicted octanol–water partition coefficient (Wildman–Crippen LogP) is 0.959. The Labute approximate surface area is 110 Å². The van der Waals surface area contributed by atoms with Gasteiger partial charge in [0.05, 0.1) is 11.6 Å². The summed E-state index contributed by atoms with van der Waals surface area (Å²) in [4.78, 5) is 23.0. The van der Waals surface area contributed by atoms with Crippen molar-refractivity contribution in [1.29, 1.82) is 5.26 Å². The second-order valence-corrected chi connectivity index (χ2v) is 4.17. The van der Waals surface area contributed by atoms with Gasteiger partial charge in [-0.05, 0) is 25.5 Å². The summed E-state index contributed by atoms with van der Waals surface area (Å²) < 4.78 is 13.4. The molecule has 0 aliphatic rings. The number of halogens is 1. The Balaban J connectivity index is 2.81. The maximum atomic E-state index is 13.4. The van der Waals surface area contributed by atoms with E-state index in [1.54, 1.807) is 6.92 Å². The molecule has 2 atom stereocenters. The highest BCUT2D eigenvalue weighted by Crippen LogP contribution is 2.09. The summed E-state index contributed by atoms with van der Waals surface area (Å²) >= 11 is 0. The summed E-state index contributed by atoms with van der Waals surface area (Å²) in [5.74, 6) is -2.62. The summed E-state index contributed by atoms with van der Waals surface area (Å²) in [5.41, 5.74) is 4.98. The van der Waals surface area contributed by atoms with Crippen LogP contribution in [0, 0.1) is 23.1 Å². The van der Waals surface area contributed by atoms with E-state index in [4.69, 9.17) is 11.0 Å². The Morgan fingerprint density at radius 3 is 2.63 bits per heavy atom. The van der Waals surface area contributed by atoms with Crippen LogP contribution in [-0.4, -0.2) is 17.9 Å². The van der Waals surface area contributed by atoms with Crippen molar-refractivity contribution >= 4 is 11.8 Å². The lowest BCUT2D eigenvalue weighted by Crippen LogP contribution is -2.45. The number of nitrogens with zero attached hydrogens (tertiary/aromatic N) is 1. The zero-order valence-corrected chi connectivity index (χ0v) is 10.4. The molecule has 0 saturated heterocycles. The van der Waals surface area contributed by atoms with Gasteiger partial charge in [0.2, 0.25) is 5.91 Å². The molecule has 0 heterocycles. The quantitative estimate of drug-likeness (QED) is 0.828. The van der Waals surface area contributed by atoms with Gasteiger partial charge >= 0.3 is 0 Å². The van der Waals surface area contributed by atoms with E-state index in [1.165, 1.54) is 18.2 Å². The largest absolute Gasteiger partial charge is 0.368 e. The molecule has 2 amide bonds. The molecule has 5 nitrogen and oxygen atoms in total. The van der Waals surface area contributed by atoms with E-state index in [2.05, 4.69) is 5.32 Å². The zero-order valence-electron chi connectivity index (χ0n) is 10.4. The van der Waals surface area contributed by atoms with Gasteiger partial charge in [0.15, 0.2) is 0 Å². The molecule has 1 aromatic rings. The first-order valence-electron chi connectivity index (χ1n) is 5.70. The molecule has 0 aliphatic carbocycles. The first-order chi connectivity index (χ1) is 8.95. The molecule has 3 N–H and O–H groups in total. The fourth-order valence-electron chi connectivity index (χ4n) is 1.53. The molecule has 0 radical (unpaired) electrons. The molecule has 6 heteroatoms. The van der Waals surface area contributed by atoms with Crippen LogP contribution in [0.3, 0.4) is 0 Å². The average molecular weight is 263 g/mol. The molecule has 0 spiro atoms. The summed E-state index contributed by atoms with van der Waals surface area (Å²) in [7, 11) is 0. The first-order valence-corrected chi connectivity index (χ1v) is 5.70. The summed E-state index contributed by atoms with van der Waals surface area (Å²) in [6.07, 6.45) is 0.0893. The number of hydrogen-bond donors (Lipinski definition) is 2. The predicted molar refractivity (Wildman–Crippen MR) is 66.2 cm³/mol. The normalized spacial score (nSPS) is 13.1. The smallest absolute Gasteiger partial charge is 0.254 e. The number of carbonyl (C=O) groups excluding carboxylic acids is 2. The van der Waals surface area contributed by atoms with Gasteiger partial charge in [0, 0.05) is 5.92 Å². The van der Waals surface area contributed by atoms with E-state index in [1.807, 2.05) is 6.07 Å². The van der Waals surface area contributed by atoms with Gasteiger partial charge < -0.3 is 11.1 Å². The highest BCUT2D eigenvalue weighted by molar-refractivity contribution is 5.97. The number of benzene rings is 1. The SMILES string of the molecule is C[C@@H](C#N)C[C@H](NC(=O)c1ccccc1F)C(N)=O. The molecule has 1 rings (SSSR count). The number of nitrogens with one attached hydrogen (secondary N) is 1. The van der Waals surface area contributed by atoms with Crippen LogP contribution < -0.4 is 11.1 Å². The fraction of sp³-hybridized carbons (Fsp3) is 0.308. The molecule has 1 aromatic carbocycles. The minimum atomic E-state index is -0.998. The second-order valence-electron chi connectivity index (χ2n) is 4.17. The molecule has 0 fully saturated rings. The molecule has 0 unspecified atom stereocenters. The van der Waals surface area contributed by atoms with Crippen LogP contribution in [0.4, 0.5) is 4.39 Å². The third-order valence-electron chi connectivity index (χ3n) is 2.58. The van der Waals surface area contributed by atoms with E-state index in [-0.39, 0.29) is 12.0 Å². The van der Waals surface area contributed by atoms with Crippen LogP contribution in [0.2, 0.25) is 0 Å². The van der Waals surface area contributed by atoms with Gasteiger partial charge in [-0.15, -0.1) is 0 Å². The van der Waals surface area contributed by atoms with Crippen molar-refractivity contribution in [3.8, 4) is 6.07 Å². The summed E-state index contributed by atoms with van der Waals surface area (Å²) in [5, 5.41) is 11.0.